The first-order valence-corrected chi connectivity index (χ1v) is 6.59. The van der Waals surface area contributed by atoms with Crippen molar-refractivity contribution in [3.05, 3.63) is 0 Å². The molecule has 5 nitrogen and oxygen atoms in total. The number of nitrogens with one attached hydrogen (secondary N) is 2. The van der Waals surface area contributed by atoms with E-state index in [1.54, 1.807) is 7.05 Å². The monoisotopic (exact) mass is 255 g/mol. The smallest absolute Gasteiger partial charge is 0.245 e. The quantitative estimate of drug-likeness (QED) is 0.762. The predicted molar refractivity (Wildman–Crippen MR) is 71.1 cm³/mol. The molecule has 1 aliphatic heterocycles. The molecule has 1 saturated heterocycles. The molecule has 5 heteroatoms. The Morgan fingerprint density at radius 3 is 2.22 bits per heavy atom. The summed E-state index contributed by atoms with van der Waals surface area (Å²) in [4.78, 5) is 26.0. The Kier molecular flexibility index (Phi) is 5.14. The van der Waals surface area contributed by atoms with Gasteiger partial charge in [-0.25, -0.2) is 0 Å². The van der Waals surface area contributed by atoms with Crippen LogP contribution in [0.3, 0.4) is 0 Å². The summed E-state index contributed by atoms with van der Waals surface area (Å²) in [5.74, 6) is -0.0885. The van der Waals surface area contributed by atoms with E-state index in [0.717, 1.165) is 25.9 Å². The number of likely N-dealkylation sites (tertiary alicyclic amines) is 1. The molecule has 0 saturated carbocycles. The molecule has 0 radical (unpaired) electrons. The van der Waals surface area contributed by atoms with Gasteiger partial charge in [0.1, 0.15) is 6.04 Å². The van der Waals surface area contributed by atoms with Crippen molar-refractivity contribution in [2.24, 2.45) is 5.41 Å². The van der Waals surface area contributed by atoms with Gasteiger partial charge >= 0.3 is 0 Å². The molecule has 2 N–H and O–H groups in total. The van der Waals surface area contributed by atoms with Crippen molar-refractivity contribution in [3.63, 3.8) is 0 Å². The standard InChI is InChI=1S/C13H25N3O2/c1-13(2,3)11(15-10(17)9-14-4)12(18)16-7-5-6-8-16/h11,14H,5-9H2,1-4H3,(H,15,17)/t11-/m1/s1. The third kappa shape index (κ3) is 3.98. The fourth-order valence-electron chi connectivity index (χ4n) is 2.14. The van der Waals surface area contributed by atoms with Crippen LogP contribution < -0.4 is 10.6 Å². The molecule has 2 amide bonds. The van der Waals surface area contributed by atoms with Gasteiger partial charge in [0.25, 0.3) is 0 Å². The number of likely N-dealkylation sites (N-methyl/N-ethyl adjacent to an activating group) is 1. The van der Waals surface area contributed by atoms with Gasteiger partial charge in [-0.3, -0.25) is 9.59 Å². The molecular formula is C13H25N3O2. The molecular weight excluding hydrogens is 230 g/mol. The van der Waals surface area contributed by atoms with Crippen molar-refractivity contribution < 1.29 is 9.59 Å². The van der Waals surface area contributed by atoms with Gasteiger partial charge < -0.3 is 15.5 Å². The maximum atomic E-state index is 12.4. The van der Waals surface area contributed by atoms with Gasteiger partial charge in [-0.2, -0.15) is 0 Å². The molecule has 0 unspecified atom stereocenters. The molecule has 0 aromatic rings. The number of rotatable bonds is 4. The van der Waals surface area contributed by atoms with E-state index in [2.05, 4.69) is 10.6 Å². The summed E-state index contributed by atoms with van der Waals surface area (Å²) in [6.45, 7) is 7.79. The molecule has 0 aliphatic carbocycles. The van der Waals surface area contributed by atoms with Gasteiger partial charge in [0.15, 0.2) is 0 Å². The van der Waals surface area contributed by atoms with Gasteiger partial charge in [-0.1, -0.05) is 20.8 Å². The number of hydrogen-bond donors (Lipinski definition) is 2. The minimum atomic E-state index is -0.448. The fraction of sp³-hybridized carbons (Fsp3) is 0.846. The number of carbonyl (C=O) groups is 2. The lowest BCUT2D eigenvalue weighted by atomic mass is 9.85. The van der Waals surface area contributed by atoms with Crippen LogP contribution in [0.25, 0.3) is 0 Å². The zero-order chi connectivity index (χ0) is 13.8. The Morgan fingerprint density at radius 1 is 1.22 bits per heavy atom. The second-order valence-electron chi connectivity index (χ2n) is 5.93. The molecule has 0 aromatic carbocycles. The molecule has 1 aliphatic rings. The number of carbonyl (C=O) groups excluding carboxylic acids is 2. The minimum absolute atomic E-state index is 0.0458. The van der Waals surface area contributed by atoms with E-state index in [4.69, 9.17) is 0 Å². The summed E-state index contributed by atoms with van der Waals surface area (Å²) in [5.41, 5.74) is -0.275. The molecule has 1 fully saturated rings. The van der Waals surface area contributed by atoms with E-state index in [9.17, 15) is 9.59 Å². The lowest BCUT2D eigenvalue weighted by Gasteiger charge is -2.33. The van der Waals surface area contributed by atoms with Crippen molar-refractivity contribution in [2.75, 3.05) is 26.7 Å². The first kappa shape index (κ1) is 15.0. The number of nitrogens with zero attached hydrogens (tertiary/aromatic N) is 1. The highest BCUT2D eigenvalue weighted by Crippen LogP contribution is 2.22. The first-order chi connectivity index (χ1) is 8.36. The average Bonchev–Trinajstić information content (AvgIpc) is 2.77. The molecule has 0 bridgehead atoms. The van der Waals surface area contributed by atoms with Gasteiger partial charge in [0.05, 0.1) is 6.54 Å². The van der Waals surface area contributed by atoms with Gasteiger partial charge in [0.2, 0.25) is 11.8 Å². The number of hydrogen-bond acceptors (Lipinski definition) is 3. The largest absolute Gasteiger partial charge is 0.343 e. The molecule has 1 rings (SSSR count). The lowest BCUT2D eigenvalue weighted by Crippen LogP contribution is -2.55. The summed E-state index contributed by atoms with van der Waals surface area (Å²) in [6.07, 6.45) is 2.13. The number of amides is 2. The van der Waals surface area contributed by atoms with Crippen LogP contribution in [0.2, 0.25) is 0 Å². The lowest BCUT2D eigenvalue weighted by molar-refractivity contribution is -0.138. The van der Waals surface area contributed by atoms with Crippen LogP contribution in [-0.4, -0.2) is 49.4 Å². The summed E-state index contributed by atoms with van der Waals surface area (Å²) in [6, 6.07) is -0.448. The Bertz CT molecular complexity index is 304. The minimum Gasteiger partial charge on any atom is -0.343 e. The first-order valence-electron chi connectivity index (χ1n) is 6.59. The Morgan fingerprint density at radius 2 is 1.78 bits per heavy atom. The van der Waals surface area contributed by atoms with E-state index >= 15 is 0 Å². The highest BCUT2D eigenvalue weighted by atomic mass is 16.2. The topological polar surface area (TPSA) is 61.4 Å². The summed E-state index contributed by atoms with van der Waals surface area (Å²) in [5, 5.41) is 5.64. The van der Waals surface area contributed by atoms with Crippen LogP contribution in [0.15, 0.2) is 0 Å². The highest BCUT2D eigenvalue weighted by Gasteiger charge is 2.36. The van der Waals surface area contributed by atoms with Crippen molar-refractivity contribution >= 4 is 11.8 Å². The predicted octanol–water partition coefficient (Wildman–Crippen LogP) is 0.359. The zero-order valence-electron chi connectivity index (χ0n) is 11.9. The van der Waals surface area contributed by atoms with Crippen LogP contribution in [0, 0.1) is 5.41 Å². The van der Waals surface area contributed by atoms with E-state index in [0.29, 0.717) is 0 Å². The van der Waals surface area contributed by atoms with E-state index in [1.165, 1.54) is 0 Å². The van der Waals surface area contributed by atoms with Crippen molar-refractivity contribution in [3.8, 4) is 0 Å². The summed E-state index contributed by atoms with van der Waals surface area (Å²) < 4.78 is 0. The van der Waals surface area contributed by atoms with Gasteiger partial charge in [-0.15, -0.1) is 0 Å². The molecule has 1 heterocycles. The third-order valence-electron chi connectivity index (χ3n) is 3.17. The second kappa shape index (κ2) is 6.18. The van der Waals surface area contributed by atoms with Crippen molar-refractivity contribution in [1.29, 1.82) is 0 Å². The zero-order valence-corrected chi connectivity index (χ0v) is 11.9. The Labute approximate surface area is 109 Å². The Balaban J connectivity index is 2.71. The summed E-state index contributed by atoms with van der Waals surface area (Å²) in [7, 11) is 1.72. The fourth-order valence-corrected chi connectivity index (χ4v) is 2.14. The normalized spacial score (nSPS) is 17.7. The maximum Gasteiger partial charge on any atom is 0.245 e. The van der Waals surface area contributed by atoms with Crippen LogP contribution in [0.1, 0.15) is 33.6 Å². The van der Waals surface area contributed by atoms with Crippen molar-refractivity contribution in [1.82, 2.24) is 15.5 Å². The van der Waals surface area contributed by atoms with Crippen LogP contribution in [0.4, 0.5) is 0 Å². The van der Waals surface area contributed by atoms with E-state index < -0.39 is 6.04 Å². The molecule has 104 valence electrons. The van der Waals surface area contributed by atoms with Crippen LogP contribution in [0.5, 0.6) is 0 Å². The Hall–Kier alpha value is -1.10. The average molecular weight is 255 g/mol. The molecule has 0 spiro atoms. The van der Waals surface area contributed by atoms with Gasteiger partial charge in [0, 0.05) is 13.1 Å². The SMILES string of the molecule is CNCC(=O)N[C@H](C(=O)N1CCCC1)C(C)(C)C. The highest BCUT2D eigenvalue weighted by molar-refractivity contribution is 5.89. The maximum absolute atomic E-state index is 12.4. The molecule has 0 aromatic heterocycles. The van der Waals surface area contributed by atoms with E-state index in [1.807, 2.05) is 25.7 Å². The van der Waals surface area contributed by atoms with Crippen molar-refractivity contribution in [2.45, 2.75) is 39.7 Å². The second-order valence-corrected chi connectivity index (χ2v) is 5.93. The molecule has 18 heavy (non-hydrogen) atoms. The van der Waals surface area contributed by atoms with Gasteiger partial charge in [-0.05, 0) is 25.3 Å². The van der Waals surface area contributed by atoms with Crippen LogP contribution >= 0.6 is 0 Å². The summed E-state index contributed by atoms with van der Waals surface area (Å²) >= 11 is 0. The van der Waals surface area contributed by atoms with E-state index in [-0.39, 0.29) is 23.8 Å². The third-order valence-corrected chi connectivity index (χ3v) is 3.17. The molecule has 1 atom stereocenters. The van der Waals surface area contributed by atoms with Crippen LogP contribution in [-0.2, 0) is 9.59 Å².